The van der Waals surface area contributed by atoms with Gasteiger partial charge in [-0.3, -0.25) is 34.5 Å². The standard InChI is InChI=1S/C20H28N6O10S/c1-20(2,3)36-19(30)24-23-16(27)12-7-6-11(9-15(12)26(31)32)22-17(28)14-5-4-8-25(14)18(29)13(21)10-37(33,34)35/h6-7,9,13-14H,4-5,8,10,21H2,1-3H3,(H,22,28)(H,23,27)(H,24,30)(H,33,34,35)/t13?,14-/m0/s1. The highest BCUT2D eigenvalue weighted by Gasteiger charge is 2.37. The molecule has 2 rings (SSSR count). The number of rotatable bonds is 7. The summed E-state index contributed by atoms with van der Waals surface area (Å²) in [5.41, 5.74) is 7.51. The van der Waals surface area contributed by atoms with Crippen LogP contribution in [0, 0.1) is 10.1 Å². The zero-order chi connectivity index (χ0) is 28.1. The minimum Gasteiger partial charge on any atom is -0.443 e. The van der Waals surface area contributed by atoms with E-state index in [1.807, 2.05) is 10.9 Å². The van der Waals surface area contributed by atoms with E-state index in [1.165, 1.54) is 6.07 Å². The minimum absolute atomic E-state index is 0.0603. The van der Waals surface area contributed by atoms with Crippen molar-refractivity contribution in [2.45, 2.75) is 51.3 Å². The molecule has 1 heterocycles. The van der Waals surface area contributed by atoms with Crippen molar-refractivity contribution in [1.82, 2.24) is 15.8 Å². The lowest BCUT2D eigenvalue weighted by Crippen LogP contribution is -2.51. The van der Waals surface area contributed by atoms with Crippen molar-refractivity contribution in [3.63, 3.8) is 0 Å². The first-order valence-electron chi connectivity index (χ1n) is 10.9. The molecule has 1 aliphatic heterocycles. The third kappa shape index (κ3) is 8.65. The fraction of sp³-hybridized carbons (Fsp3) is 0.500. The van der Waals surface area contributed by atoms with Gasteiger partial charge in [0.2, 0.25) is 11.8 Å². The second kappa shape index (κ2) is 11.5. The maximum absolute atomic E-state index is 12.8. The van der Waals surface area contributed by atoms with Gasteiger partial charge in [0.05, 0.1) is 10.7 Å². The van der Waals surface area contributed by atoms with Crippen LogP contribution in [0.4, 0.5) is 16.2 Å². The molecule has 1 fully saturated rings. The molecule has 0 spiro atoms. The van der Waals surface area contributed by atoms with E-state index in [0.29, 0.717) is 6.42 Å². The second-order valence-corrected chi connectivity index (χ2v) is 10.6. The van der Waals surface area contributed by atoms with Gasteiger partial charge in [0.1, 0.15) is 23.2 Å². The van der Waals surface area contributed by atoms with Crippen molar-refractivity contribution < 1.29 is 41.8 Å². The molecule has 1 aromatic carbocycles. The summed E-state index contributed by atoms with van der Waals surface area (Å²) in [6, 6.07) is 0.556. The van der Waals surface area contributed by atoms with Crippen LogP contribution in [0.5, 0.6) is 0 Å². The number of likely N-dealkylation sites (tertiary alicyclic amines) is 1. The number of nitrogens with two attached hydrogens (primary N) is 1. The largest absolute Gasteiger partial charge is 0.443 e. The molecule has 0 bridgehead atoms. The molecule has 6 N–H and O–H groups in total. The summed E-state index contributed by atoms with van der Waals surface area (Å²) < 4.78 is 35.9. The number of carbonyl (C=O) groups is 4. The smallest absolute Gasteiger partial charge is 0.426 e. The SMILES string of the molecule is CC(C)(C)OC(=O)NNC(=O)c1ccc(NC(=O)[C@@H]2CCCN2C(=O)C(N)CS(=O)(=O)O)cc1[N+](=O)[O-]. The van der Waals surface area contributed by atoms with Gasteiger partial charge in [-0.2, -0.15) is 8.42 Å². The van der Waals surface area contributed by atoms with Gasteiger partial charge >= 0.3 is 6.09 Å². The Bertz CT molecular complexity index is 1200. The molecule has 1 aromatic rings. The number of benzene rings is 1. The summed E-state index contributed by atoms with van der Waals surface area (Å²) in [5, 5.41) is 14.0. The van der Waals surface area contributed by atoms with Gasteiger partial charge in [-0.1, -0.05) is 0 Å². The zero-order valence-electron chi connectivity index (χ0n) is 20.2. The minimum atomic E-state index is -4.53. The summed E-state index contributed by atoms with van der Waals surface area (Å²) in [5.74, 6) is -3.61. The third-order valence-electron chi connectivity index (χ3n) is 4.93. The van der Waals surface area contributed by atoms with E-state index in [9.17, 15) is 37.7 Å². The molecule has 16 nitrogen and oxygen atoms in total. The van der Waals surface area contributed by atoms with E-state index in [2.05, 4.69) is 5.32 Å². The first-order valence-corrected chi connectivity index (χ1v) is 12.5. The second-order valence-electron chi connectivity index (χ2n) is 9.10. The molecule has 1 aliphatic rings. The number of nitrogens with zero attached hydrogens (tertiary/aromatic N) is 2. The molecule has 17 heteroatoms. The Kier molecular flexibility index (Phi) is 9.13. The lowest BCUT2D eigenvalue weighted by molar-refractivity contribution is -0.385. The molecule has 1 unspecified atom stereocenters. The normalized spacial score (nSPS) is 16.5. The van der Waals surface area contributed by atoms with Gasteiger partial charge in [0.15, 0.2) is 0 Å². The number of hydrogen-bond acceptors (Lipinski definition) is 10. The van der Waals surface area contributed by atoms with Crippen LogP contribution in [-0.2, 0) is 24.4 Å². The fourth-order valence-electron chi connectivity index (χ4n) is 3.47. The summed E-state index contributed by atoms with van der Waals surface area (Å²) in [4.78, 5) is 61.1. The van der Waals surface area contributed by atoms with Crippen LogP contribution in [0.2, 0.25) is 0 Å². The predicted molar refractivity (Wildman–Crippen MR) is 128 cm³/mol. The molecule has 37 heavy (non-hydrogen) atoms. The summed E-state index contributed by atoms with van der Waals surface area (Å²) >= 11 is 0. The molecule has 0 saturated carbocycles. The van der Waals surface area contributed by atoms with Gasteiger partial charge in [-0.05, 0) is 45.7 Å². The molecule has 0 aliphatic carbocycles. The van der Waals surface area contributed by atoms with Gasteiger partial charge in [0, 0.05) is 18.3 Å². The van der Waals surface area contributed by atoms with Gasteiger partial charge in [0.25, 0.3) is 21.7 Å². The van der Waals surface area contributed by atoms with Crippen LogP contribution in [0.25, 0.3) is 0 Å². The van der Waals surface area contributed by atoms with Crippen LogP contribution in [-0.4, -0.2) is 76.6 Å². The van der Waals surface area contributed by atoms with Crippen molar-refractivity contribution in [1.29, 1.82) is 0 Å². The average Bonchev–Trinajstić information content (AvgIpc) is 3.24. The van der Waals surface area contributed by atoms with Crippen LogP contribution >= 0.6 is 0 Å². The highest BCUT2D eigenvalue weighted by molar-refractivity contribution is 7.85. The number of hydrazine groups is 1. The van der Waals surface area contributed by atoms with E-state index in [1.54, 1.807) is 20.8 Å². The van der Waals surface area contributed by atoms with E-state index in [0.717, 1.165) is 17.0 Å². The van der Waals surface area contributed by atoms with E-state index in [-0.39, 0.29) is 18.7 Å². The Balaban J connectivity index is 2.13. The summed E-state index contributed by atoms with van der Waals surface area (Å²) in [6.07, 6.45) is -0.360. The first-order chi connectivity index (χ1) is 17.0. The number of ether oxygens (including phenoxy) is 1. The van der Waals surface area contributed by atoms with Crippen molar-refractivity contribution in [2.24, 2.45) is 5.73 Å². The Morgan fingerprint density at radius 3 is 2.49 bits per heavy atom. The van der Waals surface area contributed by atoms with Crippen molar-refractivity contribution in [2.75, 3.05) is 17.6 Å². The van der Waals surface area contributed by atoms with Gasteiger partial charge in [-0.15, -0.1) is 0 Å². The third-order valence-corrected chi connectivity index (χ3v) is 5.71. The molecular formula is C20H28N6O10S. The highest BCUT2D eigenvalue weighted by atomic mass is 32.2. The number of anilines is 1. The predicted octanol–water partition coefficient (Wildman–Crippen LogP) is -0.0911. The molecule has 204 valence electrons. The molecule has 2 atom stereocenters. The summed E-state index contributed by atoms with van der Waals surface area (Å²) in [7, 11) is -4.53. The number of nitrogens with one attached hydrogen (secondary N) is 3. The van der Waals surface area contributed by atoms with Gasteiger partial charge in [-0.25, -0.2) is 10.2 Å². The maximum atomic E-state index is 12.8. The number of nitro benzene ring substituents is 1. The van der Waals surface area contributed by atoms with E-state index in [4.69, 9.17) is 15.0 Å². The Hall–Kier alpha value is -3.83. The number of hydrogen-bond donors (Lipinski definition) is 5. The zero-order valence-corrected chi connectivity index (χ0v) is 21.0. The highest BCUT2D eigenvalue weighted by Crippen LogP contribution is 2.25. The number of amides is 4. The molecular weight excluding hydrogens is 516 g/mol. The lowest BCUT2D eigenvalue weighted by Gasteiger charge is -2.26. The quantitative estimate of drug-likeness (QED) is 0.172. The van der Waals surface area contributed by atoms with Crippen LogP contribution in [0.1, 0.15) is 44.0 Å². The van der Waals surface area contributed by atoms with Crippen LogP contribution in [0.3, 0.4) is 0 Å². The summed E-state index contributed by atoms with van der Waals surface area (Å²) in [6.45, 7) is 4.91. The molecule has 4 amide bonds. The Morgan fingerprint density at radius 1 is 1.27 bits per heavy atom. The molecule has 1 saturated heterocycles. The fourth-order valence-corrected chi connectivity index (χ4v) is 4.07. The molecule has 0 radical (unpaired) electrons. The number of nitro groups is 1. The van der Waals surface area contributed by atoms with E-state index >= 15 is 0 Å². The monoisotopic (exact) mass is 544 g/mol. The Morgan fingerprint density at radius 2 is 1.92 bits per heavy atom. The van der Waals surface area contributed by atoms with Crippen molar-refractivity contribution >= 4 is 45.3 Å². The van der Waals surface area contributed by atoms with Crippen molar-refractivity contribution in [3.05, 3.63) is 33.9 Å². The van der Waals surface area contributed by atoms with Crippen LogP contribution in [0.15, 0.2) is 18.2 Å². The first kappa shape index (κ1) is 29.4. The maximum Gasteiger partial charge on any atom is 0.426 e. The number of carbonyl (C=O) groups excluding carboxylic acids is 4. The Labute approximate surface area is 211 Å². The van der Waals surface area contributed by atoms with Gasteiger partial charge < -0.3 is 20.7 Å². The average molecular weight is 545 g/mol. The van der Waals surface area contributed by atoms with Crippen LogP contribution < -0.4 is 21.9 Å². The topological polar surface area (TPSA) is 240 Å². The molecule has 0 aromatic heterocycles. The lowest BCUT2D eigenvalue weighted by atomic mass is 10.1. The van der Waals surface area contributed by atoms with E-state index < -0.39 is 73.5 Å². The van der Waals surface area contributed by atoms with Crippen molar-refractivity contribution in [3.8, 4) is 0 Å².